The fourth-order valence-electron chi connectivity index (χ4n) is 3.19. The predicted octanol–water partition coefficient (Wildman–Crippen LogP) is 3.13. The lowest BCUT2D eigenvalue weighted by Gasteiger charge is -2.34. The molecule has 0 radical (unpaired) electrons. The Hall–Kier alpha value is -2.84. The number of hydrogen-bond acceptors (Lipinski definition) is 7. The highest BCUT2D eigenvalue weighted by atomic mass is 32.1. The molecule has 7 nitrogen and oxygen atoms in total. The molecule has 4 rings (SSSR count). The highest BCUT2D eigenvalue weighted by molar-refractivity contribution is 7.09. The predicted molar refractivity (Wildman–Crippen MR) is 110 cm³/mol. The number of ether oxygens (including phenoxy) is 2. The van der Waals surface area contributed by atoms with Crippen molar-refractivity contribution in [3.63, 3.8) is 0 Å². The van der Waals surface area contributed by atoms with Crippen LogP contribution in [0.2, 0.25) is 0 Å². The number of amides is 1. The summed E-state index contributed by atoms with van der Waals surface area (Å²) >= 11 is 1.63. The van der Waals surface area contributed by atoms with E-state index in [0.29, 0.717) is 24.6 Å². The molecular formula is C21H23N3O4S. The van der Waals surface area contributed by atoms with E-state index in [4.69, 9.17) is 13.9 Å². The lowest BCUT2D eigenvalue weighted by Crippen LogP contribution is -2.49. The number of carbonyl (C=O) groups excluding carboxylic acids is 1. The number of benzene rings is 1. The molecule has 0 spiro atoms. The molecule has 1 amide bonds. The average molecular weight is 413 g/mol. The van der Waals surface area contributed by atoms with E-state index in [1.807, 2.05) is 40.6 Å². The number of aromatic nitrogens is 1. The van der Waals surface area contributed by atoms with Crippen molar-refractivity contribution < 1.29 is 18.7 Å². The quantitative estimate of drug-likeness (QED) is 0.593. The Bertz CT molecular complexity index is 933. The lowest BCUT2D eigenvalue weighted by atomic mass is 10.3. The SMILES string of the molecule is COc1cccc(OCC(=O)N2CCN(Cc3nc(-c4ccco4)cs3)CC2)c1. The van der Waals surface area contributed by atoms with Crippen LogP contribution in [0, 0.1) is 0 Å². The van der Waals surface area contributed by atoms with Gasteiger partial charge in [0.05, 0.1) is 19.9 Å². The third-order valence-electron chi connectivity index (χ3n) is 4.81. The van der Waals surface area contributed by atoms with Gasteiger partial charge in [0.1, 0.15) is 22.2 Å². The van der Waals surface area contributed by atoms with Gasteiger partial charge >= 0.3 is 0 Å². The minimum atomic E-state index is 0.00169. The van der Waals surface area contributed by atoms with Crippen molar-refractivity contribution >= 4 is 17.2 Å². The molecule has 1 aliphatic rings. The van der Waals surface area contributed by atoms with E-state index in [0.717, 1.165) is 36.1 Å². The van der Waals surface area contributed by atoms with Crippen LogP contribution in [0.25, 0.3) is 11.5 Å². The third kappa shape index (κ3) is 4.96. The van der Waals surface area contributed by atoms with Gasteiger partial charge in [-0.15, -0.1) is 11.3 Å². The molecule has 0 saturated carbocycles. The summed E-state index contributed by atoms with van der Waals surface area (Å²) in [5.41, 5.74) is 0.874. The molecule has 1 aromatic carbocycles. The Morgan fingerprint density at radius 1 is 1.17 bits per heavy atom. The van der Waals surface area contributed by atoms with Crippen LogP contribution < -0.4 is 9.47 Å². The molecule has 0 N–H and O–H groups in total. The first kappa shape index (κ1) is 19.5. The Labute approximate surface area is 173 Å². The Morgan fingerprint density at radius 3 is 2.76 bits per heavy atom. The summed E-state index contributed by atoms with van der Waals surface area (Å²) in [6.07, 6.45) is 1.66. The van der Waals surface area contributed by atoms with Crippen LogP contribution in [-0.2, 0) is 11.3 Å². The summed E-state index contributed by atoms with van der Waals surface area (Å²) < 4.78 is 16.2. The van der Waals surface area contributed by atoms with Crippen molar-refractivity contribution in [3.05, 3.63) is 53.0 Å². The molecule has 152 valence electrons. The summed E-state index contributed by atoms with van der Waals surface area (Å²) in [6, 6.07) is 11.1. The summed E-state index contributed by atoms with van der Waals surface area (Å²) in [7, 11) is 1.60. The highest BCUT2D eigenvalue weighted by Crippen LogP contribution is 2.23. The van der Waals surface area contributed by atoms with Gasteiger partial charge in [-0.2, -0.15) is 0 Å². The van der Waals surface area contributed by atoms with Crippen molar-refractivity contribution in [1.82, 2.24) is 14.8 Å². The Balaban J connectivity index is 1.23. The molecule has 1 saturated heterocycles. The second kappa shape index (κ2) is 9.11. The van der Waals surface area contributed by atoms with Crippen molar-refractivity contribution in [2.24, 2.45) is 0 Å². The van der Waals surface area contributed by atoms with Crippen LogP contribution in [-0.4, -0.2) is 60.6 Å². The van der Waals surface area contributed by atoms with Gasteiger partial charge in [-0.3, -0.25) is 9.69 Å². The largest absolute Gasteiger partial charge is 0.497 e. The fraction of sp³-hybridized carbons (Fsp3) is 0.333. The molecule has 3 heterocycles. The first-order valence-electron chi connectivity index (χ1n) is 9.46. The molecule has 1 fully saturated rings. The molecule has 3 aromatic rings. The molecule has 0 unspecified atom stereocenters. The zero-order chi connectivity index (χ0) is 20.1. The normalized spacial score (nSPS) is 14.7. The topological polar surface area (TPSA) is 68.0 Å². The number of piperazine rings is 1. The summed E-state index contributed by atoms with van der Waals surface area (Å²) in [5.74, 6) is 2.13. The molecule has 8 heteroatoms. The van der Waals surface area contributed by atoms with Crippen molar-refractivity contribution in [2.75, 3.05) is 39.9 Å². The van der Waals surface area contributed by atoms with Crippen molar-refractivity contribution in [2.45, 2.75) is 6.54 Å². The summed E-state index contributed by atoms with van der Waals surface area (Å²) in [4.78, 5) is 21.3. The first-order chi connectivity index (χ1) is 14.2. The van der Waals surface area contributed by atoms with E-state index in [9.17, 15) is 4.79 Å². The number of furan rings is 1. The average Bonchev–Trinajstić information content (AvgIpc) is 3.45. The van der Waals surface area contributed by atoms with Gasteiger partial charge in [-0.1, -0.05) is 6.07 Å². The number of thiazole rings is 1. The van der Waals surface area contributed by atoms with E-state index in [1.165, 1.54) is 0 Å². The third-order valence-corrected chi connectivity index (χ3v) is 5.65. The number of carbonyl (C=O) groups is 1. The van der Waals surface area contributed by atoms with Gasteiger partial charge in [0.15, 0.2) is 12.4 Å². The second-order valence-corrected chi connectivity index (χ2v) is 7.67. The minimum absolute atomic E-state index is 0.00169. The molecular weight excluding hydrogens is 390 g/mol. The molecule has 0 aliphatic carbocycles. The van der Waals surface area contributed by atoms with Gasteiger partial charge in [0.2, 0.25) is 0 Å². The maximum Gasteiger partial charge on any atom is 0.260 e. The van der Waals surface area contributed by atoms with E-state index in [1.54, 1.807) is 30.8 Å². The Morgan fingerprint density at radius 2 is 2.00 bits per heavy atom. The fourth-order valence-corrected chi connectivity index (χ4v) is 4.02. The van der Waals surface area contributed by atoms with Crippen molar-refractivity contribution in [1.29, 1.82) is 0 Å². The summed E-state index contributed by atoms with van der Waals surface area (Å²) in [5, 5.41) is 3.07. The van der Waals surface area contributed by atoms with Gasteiger partial charge < -0.3 is 18.8 Å². The van der Waals surface area contributed by atoms with Crippen LogP contribution in [0.3, 0.4) is 0 Å². The Kier molecular flexibility index (Phi) is 6.12. The number of methoxy groups -OCH3 is 1. The van der Waals surface area contributed by atoms with E-state index in [2.05, 4.69) is 9.88 Å². The smallest absolute Gasteiger partial charge is 0.260 e. The van der Waals surface area contributed by atoms with Crippen LogP contribution in [0.5, 0.6) is 11.5 Å². The van der Waals surface area contributed by atoms with Gasteiger partial charge in [0.25, 0.3) is 5.91 Å². The molecule has 0 bridgehead atoms. The second-order valence-electron chi connectivity index (χ2n) is 6.73. The summed E-state index contributed by atoms with van der Waals surface area (Å²) in [6.45, 7) is 3.84. The molecule has 2 aromatic heterocycles. The first-order valence-corrected chi connectivity index (χ1v) is 10.3. The monoisotopic (exact) mass is 413 g/mol. The standard InChI is InChI=1S/C21H23N3O4S/c1-26-16-4-2-5-17(12-16)28-14-21(25)24-9-7-23(8-10-24)13-20-22-18(15-29-20)19-6-3-11-27-19/h2-6,11-12,15H,7-10,13-14H2,1H3. The van der Waals surface area contributed by atoms with E-state index in [-0.39, 0.29) is 12.5 Å². The van der Waals surface area contributed by atoms with Crippen LogP contribution in [0.4, 0.5) is 0 Å². The number of rotatable bonds is 7. The zero-order valence-electron chi connectivity index (χ0n) is 16.2. The van der Waals surface area contributed by atoms with Crippen LogP contribution in [0.1, 0.15) is 5.01 Å². The van der Waals surface area contributed by atoms with Gasteiger partial charge in [0, 0.05) is 37.6 Å². The molecule has 29 heavy (non-hydrogen) atoms. The lowest BCUT2D eigenvalue weighted by molar-refractivity contribution is -0.135. The maximum absolute atomic E-state index is 12.5. The van der Waals surface area contributed by atoms with Gasteiger partial charge in [-0.05, 0) is 24.3 Å². The van der Waals surface area contributed by atoms with E-state index >= 15 is 0 Å². The highest BCUT2D eigenvalue weighted by Gasteiger charge is 2.22. The van der Waals surface area contributed by atoms with Crippen LogP contribution in [0.15, 0.2) is 52.5 Å². The molecule has 0 atom stereocenters. The van der Waals surface area contributed by atoms with Crippen molar-refractivity contribution in [3.8, 4) is 23.0 Å². The minimum Gasteiger partial charge on any atom is -0.497 e. The van der Waals surface area contributed by atoms with Crippen LogP contribution >= 0.6 is 11.3 Å². The van der Waals surface area contributed by atoms with E-state index < -0.39 is 0 Å². The molecule has 1 aliphatic heterocycles. The number of nitrogens with zero attached hydrogens (tertiary/aromatic N) is 3. The maximum atomic E-state index is 12.5. The van der Waals surface area contributed by atoms with Gasteiger partial charge in [-0.25, -0.2) is 4.98 Å². The number of hydrogen-bond donors (Lipinski definition) is 0. The zero-order valence-corrected chi connectivity index (χ0v) is 17.1.